The lowest BCUT2D eigenvalue weighted by Gasteiger charge is -2.31. The number of carbonyl (C=O) groups excluding carboxylic acids is 2. The molecule has 3 rings (SSSR count). The molecular formula is C25H25FN2O2. The van der Waals surface area contributed by atoms with Crippen LogP contribution in [0.25, 0.3) is 0 Å². The summed E-state index contributed by atoms with van der Waals surface area (Å²) in [5, 5.41) is 2.66. The molecular weight excluding hydrogens is 379 g/mol. The number of rotatable bonds is 8. The van der Waals surface area contributed by atoms with Crippen LogP contribution < -0.4 is 5.32 Å². The van der Waals surface area contributed by atoms with Gasteiger partial charge in [-0.05, 0) is 17.2 Å². The lowest BCUT2D eigenvalue weighted by Crippen LogP contribution is -2.50. The number of nitrogens with zero attached hydrogens (tertiary/aromatic N) is 1. The second-order valence-electron chi connectivity index (χ2n) is 7.10. The number of nitrogens with one attached hydrogen (secondary N) is 1. The highest BCUT2D eigenvalue weighted by atomic mass is 19.1. The summed E-state index contributed by atoms with van der Waals surface area (Å²) in [5.41, 5.74) is 2.15. The predicted octanol–water partition coefficient (Wildman–Crippen LogP) is 3.75. The number of carbonyl (C=O) groups is 2. The molecule has 1 atom stereocenters. The fourth-order valence-corrected chi connectivity index (χ4v) is 3.40. The van der Waals surface area contributed by atoms with Crippen molar-refractivity contribution in [1.82, 2.24) is 10.2 Å². The average Bonchev–Trinajstić information content (AvgIpc) is 2.78. The second kappa shape index (κ2) is 10.3. The number of hydrogen-bond donors (Lipinski definition) is 1. The van der Waals surface area contributed by atoms with Gasteiger partial charge < -0.3 is 10.2 Å². The maximum Gasteiger partial charge on any atom is 0.242 e. The van der Waals surface area contributed by atoms with Crippen molar-refractivity contribution in [3.8, 4) is 0 Å². The van der Waals surface area contributed by atoms with E-state index in [4.69, 9.17) is 0 Å². The number of benzene rings is 3. The Hall–Kier alpha value is -3.47. The van der Waals surface area contributed by atoms with Gasteiger partial charge in [0.25, 0.3) is 0 Å². The van der Waals surface area contributed by atoms with Crippen LogP contribution in [0.4, 0.5) is 4.39 Å². The molecule has 3 aromatic carbocycles. The van der Waals surface area contributed by atoms with Crippen molar-refractivity contribution in [1.29, 1.82) is 0 Å². The first-order chi connectivity index (χ1) is 14.6. The Morgan fingerprint density at radius 2 is 1.43 bits per heavy atom. The molecule has 0 spiro atoms. The van der Waals surface area contributed by atoms with E-state index in [2.05, 4.69) is 5.32 Å². The minimum absolute atomic E-state index is 0.0171. The molecule has 0 radical (unpaired) electrons. The average molecular weight is 404 g/mol. The van der Waals surface area contributed by atoms with Crippen molar-refractivity contribution in [3.05, 3.63) is 107 Å². The highest BCUT2D eigenvalue weighted by Crippen LogP contribution is 2.18. The molecule has 1 N–H and O–H groups in total. The summed E-state index contributed by atoms with van der Waals surface area (Å²) in [7, 11) is 1.54. The molecule has 3 aromatic rings. The fraction of sp³-hybridized carbons (Fsp3) is 0.200. The van der Waals surface area contributed by atoms with Crippen LogP contribution >= 0.6 is 0 Å². The smallest absolute Gasteiger partial charge is 0.242 e. The Morgan fingerprint density at radius 3 is 2.03 bits per heavy atom. The van der Waals surface area contributed by atoms with Gasteiger partial charge in [-0.3, -0.25) is 9.59 Å². The molecule has 0 saturated heterocycles. The quantitative estimate of drug-likeness (QED) is 0.622. The van der Waals surface area contributed by atoms with Crippen LogP contribution in [0.3, 0.4) is 0 Å². The molecule has 0 bridgehead atoms. The zero-order valence-corrected chi connectivity index (χ0v) is 16.9. The van der Waals surface area contributed by atoms with E-state index in [1.807, 2.05) is 60.7 Å². The van der Waals surface area contributed by atoms with E-state index in [0.29, 0.717) is 12.0 Å². The van der Waals surface area contributed by atoms with Crippen LogP contribution in [0.15, 0.2) is 84.9 Å². The Labute approximate surface area is 176 Å². The SMILES string of the molecule is CNC(=O)C(Cc1ccccc1)N(Cc1ccccc1F)C(=O)Cc1ccccc1. The summed E-state index contributed by atoms with van der Waals surface area (Å²) in [6.45, 7) is 0.0171. The summed E-state index contributed by atoms with van der Waals surface area (Å²) < 4.78 is 14.4. The summed E-state index contributed by atoms with van der Waals surface area (Å²) in [5.74, 6) is -0.907. The minimum atomic E-state index is -0.756. The van der Waals surface area contributed by atoms with Gasteiger partial charge in [0.1, 0.15) is 11.9 Å². The summed E-state index contributed by atoms with van der Waals surface area (Å²) in [6, 6.07) is 24.4. The van der Waals surface area contributed by atoms with E-state index in [9.17, 15) is 14.0 Å². The van der Waals surface area contributed by atoms with E-state index in [-0.39, 0.29) is 24.8 Å². The van der Waals surface area contributed by atoms with Gasteiger partial charge >= 0.3 is 0 Å². The summed E-state index contributed by atoms with van der Waals surface area (Å²) in [6.07, 6.45) is 0.479. The predicted molar refractivity (Wildman–Crippen MR) is 115 cm³/mol. The molecule has 4 nitrogen and oxygen atoms in total. The molecule has 0 saturated carbocycles. The van der Waals surface area contributed by atoms with Gasteiger partial charge in [0.2, 0.25) is 11.8 Å². The third-order valence-electron chi connectivity index (χ3n) is 5.01. The zero-order valence-electron chi connectivity index (χ0n) is 16.9. The molecule has 0 fully saturated rings. The van der Waals surface area contributed by atoms with Gasteiger partial charge in [-0.25, -0.2) is 4.39 Å². The lowest BCUT2D eigenvalue weighted by molar-refractivity contribution is -0.140. The van der Waals surface area contributed by atoms with Gasteiger partial charge in [0.15, 0.2) is 0 Å². The van der Waals surface area contributed by atoms with Gasteiger partial charge in [0.05, 0.1) is 6.42 Å². The first-order valence-corrected chi connectivity index (χ1v) is 9.91. The van der Waals surface area contributed by atoms with Crippen molar-refractivity contribution in [2.75, 3.05) is 7.05 Å². The third-order valence-corrected chi connectivity index (χ3v) is 5.01. The molecule has 1 unspecified atom stereocenters. The van der Waals surface area contributed by atoms with Crippen LogP contribution in [0.2, 0.25) is 0 Å². The van der Waals surface area contributed by atoms with E-state index < -0.39 is 11.9 Å². The second-order valence-corrected chi connectivity index (χ2v) is 7.10. The lowest BCUT2D eigenvalue weighted by atomic mass is 10.0. The molecule has 0 aromatic heterocycles. The first kappa shape index (κ1) is 21.2. The minimum Gasteiger partial charge on any atom is -0.357 e. The first-order valence-electron chi connectivity index (χ1n) is 9.91. The zero-order chi connectivity index (χ0) is 21.3. The number of halogens is 1. The highest BCUT2D eigenvalue weighted by molar-refractivity contribution is 5.88. The Kier molecular flexibility index (Phi) is 7.33. The van der Waals surface area contributed by atoms with Crippen molar-refractivity contribution in [2.45, 2.75) is 25.4 Å². The normalized spacial score (nSPS) is 11.5. The molecule has 0 heterocycles. The van der Waals surface area contributed by atoms with Gasteiger partial charge in [0, 0.05) is 25.6 Å². The van der Waals surface area contributed by atoms with Crippen LogP contribution in [0.1, 0.15) is 16.7 Å². The maximum atomic E-state index is 14.4. The molecule has 0 aliphatic heterocycles. The standard InChI is InChI=1S/C25H25FN2O2/c1-27-25(30)23(16-19-10-4-2-5-11-19)28(18-21-14-8-9-15-22(21)26)24(29)17-20-12-6-3-7-13-20/h2-15,23H,16-18H2,1H3,(H,27,30). The van der Waals surface area contributed by atoms with E-state index in [1.165, 1.54) is 11.0 Å². The fourth-order valence-electron chi connectivity index (χ4n) is 3.40. The van der Waals surface area contributed by atoms with E-state index >= 15 is 0 Å². The number of hydrogen-bond acceptors (Lipinski definition) is 2. The van der Waals surface area contributed by atoms with Crippen LogP contribution in [-0.2, 0) is 29.0 Å². The van der Waals surface area contributed by atoms with Crippen molar-refractivity contribution in [3.63, 3.8) is 0 Å². The van der Waals surface area contributed by atoms with Crippen molar-refractivity contribution in [2.24, 2.45) is 0 Å². The van der Waals surface area contributed by atoms with E-state index in [0.717, 1.165) is 11.1 Å². The topological polar surface area (TPSA) is 49.4 Å². The van der Waals surface area contributed by atoms with Gasteiger partial charge in [-0.2, -0.15) is 0 Å². The Bertz CT molecular complexity index is 977. The third kappa shape index (κ3) is 5.54. The van der Waals surface area contributed by atoms with Crippen molar-refractivity contribution < 1.29 is 14.0 Å². The van der Waals surface area contributed by atoms with Crippen LogP contribution in [0.5, 0.6) is 0 Å². The number of likely N-dealkylation sites (N-methyl/N-ethyl adjacent to an activating group) is 1. The summed E-state index contributed by atoms with van der Waals surface area (Å²) >= 11 is 0. The molecule has 30 heavy (non-hydrogen) atoms. The molecule has 0 aliphatic carbocycles. The molecule has 154 valence electrons. The maximum absolute atomic E-state index is 14.4. The van der Waals surface area contributed by atoms with Gasteiger partial charge in [-0.15, -0.1) is 0 Å². The highest BCUT2D eigenvalue weighted by Gasteiger charge is 2.30. The molecule has 5 heteroatoms. The van der Waals surface area contributed by atoms with Gasteiger partial charge in [-0.1, -0.05) is 78.9 Å². The van der Waals surface area contributed by atoms with Crippen LogP contribution in [-0.4, -0.2) is 29.8 Å². The molecule has 2 amide bonds. The summed E-state index contributed by atoms with van der Waals surface area (Å²) in [4.78, 5) is 27.6. The van der Waals surface area contributed by atoms with E-state index in [1.54, 1.807) is 25.2 Å². The van der Waals surface area contributed by atoms with Crippen LogP contribution in [0, 0.1) is 5.82 Å². The number of amides is 2. The largest absolute Gasteiger partial charge is 0.357 e. The Morgan fingerprint density at radius 1 is 0.867 bits per heavy atom. The monoisotopic (exact) mass is 404 g/mol. The Balaban J connectivity index is 1.94. The van der Waals surface area contributed by atoms with Crippen molar-refractivity contribution >= 4 is 11.8 Å². The molecule has 0 aliphatic rings.